The van der Waals surface area contributed by atoms with Crippen LogP contribution in [-0.2, 0) is 14.0 Å². The summed E-state index contributed by atoms with van der Waals surface area (Å²) in [6.45, 7) is 8.98. The van der Waals surface area contributed by atoms with E-state index in [2.05, 4.69) is 67.8 Å². The topological polar surface area (TPSA) is 35.5 Å². The monoisotopic (exact) mass is 380 g/mol. The van der Waals surface area contributed by atoms with Crippen LogP contribution >= 0.6 is 0 Å². The molecule has 0 aromatic carbocycles. The molecule has 0 aromatic heterocycles. The van der Waals surface area contributed by atoms with E-state index in [-0.39, 0.29) is 12.1 Å². The molecule has 0 radical (unpaired) electrons. The Balaban J connectivity index is 4.01. The van der Waals surface area contributed by atoms with Crippen LogP contribution in [0.5, 0.6) is 0 Å². The zero-order valence-electron chi connectivity index (χ0n) is 17.6. The fraction of sp³-hybridized carbons (Fsp3) is 0.682. The Morgan fingerprint density at radius 1 is 1.00 bits per heavy atom. The van der Waals surface area contributed by atoms with E-state index in [1.54, 1.807) is 0 Å². The van der Waals surface area contributed by atoms with Crippen molar-refractivity contribution in [1.82, 2.24) is 0 Å². The van der Waals surface area contributed by atoms with Crippen LogP contribution in [0.1, 0.15) is 64.7 Å². The van der Waals surface area contributed by atoms with Crippen LogP contribution in [0.25, 0.3) is 0 Å². The van der Waals surface area contributed by atoms with Crippen molar-refractivity contribution in [3.05, 3.63) is 36.5 Å². The van der Waals surface area contributed by atoms with Gasteiger partial charge < -0.3 is 9.16 Å². The van der Waals surface area contributed by atoms with Crippen molar-refractivity contribution in [3.8, 4) is 0 Å². The van der Waals surface area contributed by atoms with Gasteiger partial charge in [-0.05, 0) is 51.7 Å². The zero-order valence-corrected chi connectivity index (χ0v) is 18.6. The molecule has 0 aliphatic heterocycles. The molecule has 0 rings (SSSR count). The molecule has 0 heterocycles. The molecule has 0 N–H and O–H groups in total. The zero-order chi connectivity index (χ0) is 19.7. The maximum absolute atomic E-state index is 11.0. The molecule has 4 heteroatoms. The first-order chi connectivity index (χ1) is 12.4. The summed E-state index contributed by atoms with van der Waals surface area (Å²) in [5.74, 6) is -0.116. The Labute approximate surface area is 162 Å². The summed E-state index contributed by atoms with van der Waals surface area (Å²) < 4.78 is 10.9. The van der Waals surface area contributed by atoms with Gasteiger partial charge in [0.15, 0.2) is 8.32 Å². The molecule has 0 bridgehead atoms. The van der Waals surface area contributed by atoms with Crippen LogP contribution in [-0.4, -0.2) is 27.5 Å². The first kappa shape index (κ1) is 24.9. The summed E-state index contributed by atoms with van der Waals surface area (Å²) in [6, 6.07) is 0. The Kier molecular flexibility index (Phi) is 15.4. The first-order valence-corrected chi connectivity index (χ1v) is 13.5. The van der Waals surface area contributed by atoms with Gasteiger partial charge in [0, 0.05) is 6.42 Å². The van der Waals surface area contributed by atoms with Gasteiger partial charge >= 0.3 is 5.97 Å². The van der Waals surface area contributed by atoms with Gasteiger partial charge in [0.05, 0.1) is 13.2 Å². The molecule has 0 saturated carbocycles. The summed E-state index contributed by atoms with van der Waals surface area (Å²) >= 11 is 0. The van der Waals surface area contributed by atoms with E-state index < -0.39 is 8.32 Å². The Morgan fingerprint density at radius 2 is 1.77 bits per heavy atom. The standard InChI is InChI=1S/C22H40O3Si/c1-6-7-15-18-21(25-26(3,4)5)19-16-13-11-9-8-10-12-14-17-20-22(23)24-2/h8,10-11,13,16,19,21H,6-7,9,12,14-15,17-18,20H2,1-5H3/b10-8-,13-11+,19-16+. The van der Waals surface area contributed by atoms with Gasteiger partial charge in [0.2, 0.25) is 0 Å². The van der Waals surface area contributed by atoms with Crippen LogP contribution < -0.4 is 0 Å². The van der Waals surface area contributed by atoms with Crippen molar-refractivity contribution in [2.75, 3.05) is 7.11 Å². The summed E-state index contributed by atoms with van der Waals surface area (Å²) in [7, 11) is -0.0648. The quantitative estimate of drug-likeness (QED) is 0.106. The van der Waals surface area contributed by atoms with Crippen molar-refractivity contribution in [3.63, 3.8) is 0 Å². The number of methoxy groups -OCH3 is 1. The summed E-state index contributed by atoms with van der Waals surface area (Å²) in [4.78, 5) is 11.0. The van der Waals surface area contributed by atoms with Crippen molar-refractivity contribution in [2.24, 2.45) is 0 Å². The summed E-state index contributed by atoms with van der Waals surface area (Å²) in [5, 5.41) is 0. The van der Waals surface area contributed by atoms with Gasteiger partial charge in [0.1, 0.15) is 0 Å². The van der Waals surface area contributed by atoms with E-state index in [1.807, 2.05) is 0 Å². The van der Waals surface area contributed by atoms with Crippen molar-refractivity contribution in [2.45, 2.75) is 90.5 Å². The number of carbonyl (C=O) groups excluding carboxylic acids is 1. The van der Waals surface area contributed by atoms with E-state index in [0.717, 1.165) is 32.1 Å². The number of hydrogen-bond acceptors (Lipinski definition) is 3. The second kappa shape index (κ2) is 16.1. The third kappa shape index (κ3) is 17.7. The average molecular weight is 381 g/mol. The van der Waals surface area contributed by atoms with E-state index in [0.29, 0.717) is 6.42 Å². The van der Waals surface area contributed by atoms with Crippen LogP contribution in [0.15, 0.2) is 36.5 Å². The van der Waals surface area contributed by atoms with Crippen molar-refractivity contribution >= 4 is 14.3 Å². The minimum Gasteiger partial charge on any atom is -0.469 e. The highest BCUT2D eigenvalue weighted by Crippen LogP contribution is 2.14. The second-order valence-electron chi connectivity index (χ2n) is 7.61. The van der Waals surface area contributed by atoms with Crippen molar-refractivity contribution < 1.29 is 14.0 Å². The van der Waals surface area contributed by atoms with Crippen LogP contribution in [0.3, 0.4) is 0 Å². The maximum Gasteiger partial charge on any atom is 0.305 e. The van der Waals surface area contributed by atoms with Crippen LogP contribution in [0.4, 0.5) is 0 Å². The van der Waals surface area contributed by atoms with E-state index in [1.165, 1.54) is 26.4 Å². The predicted molar refractivity (Wildman–Crippen MR) is 115 cm³/mol. The summed E-state index contributed by atoms with van der Waals surface area (Å²) in [6.07, 6.45) is 22.5. The molecule has 0 aliphatic carbocycles. The van der Waals surface area contributed by atoms with E-state index in [9.17, 15) is 4.79 Å². The molecule has 3 nitrogen and oxygen atoms in total. The minimum atomic E-state index is -1.50. The van der Waals surface area contributed by atoms with E-state index >= 15 is 0 Å². The van der Waals surface area contributed by atoms with Gasteiger partial charge in [-0.2, -0.15) is 0 Å². The number of allylic oxidation sites excluding steroid dienone is 5. The lowest BCUT2D eigenvalue weighted by Gasteiger charge is -2.24. The molecule has 1 atom stereocenters. The van der Waals surface area contributed by atoms with Gasteiger partial charge in [-0.1, -0.05) is 62.6 Å². The fourth-order valence-electron chi connectivity index (χ4n) is 2.52. The molecule has 26 heavy (non-hydrogen) atoms. The van der Waals surface area contributed by atoms with Crippen LogP contribution in [0.2, 0.25) is 19.6 Å². The molecule has 1 unspecified atom stereocenters. The Morgan fingerprint density at radius 3 is 2.42 bits per heavy atom. The normalized spacial score (nSPS) is 13.9. The lowest BCUT2D eigenvalue weighted by molar-refractivity contribution is -0.140. The number of ether oxygens (including phenoxy) is 1. The Hall–Kier alpha value is -1.13. The lowest BCUT2D eigenvalue weighted by atomic mass is 10.1. The number of esters is 1. The highest BCUT2D eigenvalue weighted by molar-refractivity contribution is 6.69. The smallest absolute Gasteiger partial charge is 0.305 e. The van der Waals surface area contributed by atoms with E-state index in [4.69, 9.17) is 4.43 Å². The largest absolute Gasteiger partial charge is 0.469 e. The third-order valence-electron chi connectivity index (χ3n) is 3.84. The number of hydrogen-bond donors (Lipinski definition) is 0. The molecule has 0 fully saturated rings. The number of rotatable bonds is 15. The highest BCUT2D eigenvalue weighted by Gasteiger charge is 2.18. The highest BCUT2D eigenvalue weighted by atomic mass is 28.4. The molecule has 150 valence electrons. The van der Waals surface area contributed by atoms with Gasteiger partial charge in [-0.25, -0.2) is 0 Å². The first-order valence-electron chi connectivity index (χ1n) is 10.1. The average Bonchev–Trinajstić information content (AvgIpc) is 2.58. The molecule has 0 aliphatic rings. The summed E-state index contributed by atoms with van der Waals surface area (Å²) in [5.41, 5.74) is 0. The third-order valence-corrected chi connectivity index (χ3v) is 4.85. The SMILES string of the molecule is CCCCCC(/C=C/C=C/C/C=C\CCCCC(=O)OC)O[Si](C)(C)C. The molecule has 0 aromatic rings. The van der Waals surface area contributed by atoms with Gasteiger partial charge in [-0.3, -0.25) is 4.79 Å². The van der Waals surface area contributed by atoms with Crippen LogP contribution in [0, 0.1) is 0 Å². The minimum absolute atomic E-state index is 0.116. The predicted octanol–water partition coefficient (Wildman–Crippen LogP) is 6.58. The number of carbonyl (C=O) groups is 1. The number of unbranched alkanes of at least 4 members (excludes halogenated alkanes) is 4. The second-order valence-corrected chi connectivity index (χ2v) is 12.1. The molecule has 0 saturated heterocycles. The molecule has 0 spiro atoms. The van der Waals surface area contributed by atoms with Gasteiger partial charge in [0.25, 0.3) is 0 Å². The fourth-order valence-corrected chi connectivity index (χ4v) is 3.62. The Bertz CT molecular complexity index is 433. The molecular weight excluding hydrogens is 340 g/mol. The van der Waals surface area contributed by atoms with Crippen molar-refractivity contribution in [1.29, 1.82) is 0 Å². The van der Waals surface area contributed by atoms with Gasteiger partial charge in [-0.15, -0.1) is 0 Å². The molecule has 0 amide bonds. The lowest BCUT2D eigenvalue weighted by Crippen LogP contribution is -2.31. The maximum atomic E-state index is 11.0. The molecular formula is C22H40O3Si.